The molecule has 0 fully saturated rings. The summed E-state index contributed by atoms with van der Waals surface area (Å²) in [4.78, 5) is 25.8. The lowest BCUT2D eigenvalue weighted by Gasteiger charge is -2.29. The average Bonchev–Trinajstić information content (AvgIpc) is 2.70. The highest BCUT2D eigenvalue weighted by Crippen LogP contribution is 2.40. The summed E-state index contributed by atoms with van der Waals surface area (Å²) in [6.07, 6.45) is 2.07. The molecule has 1 unspecified atom stereocenters. The van der Waals surface area contributed by atoms with Crippen molar-refractivity contribution in [3.63, 3.8) is 0 Å². The maximum Gasteiger partial charge on any atom is 0.343 e. The Morgan fingerprint density at radius 3 is 2.23 bits per heavy atom. The van der Waals surface area contributed by atoms with Gasteiger partial charge in [0, 0.05) is 5.56 Å². The largest absolute Gasteiger partial charge is 0.466 e. The van der Waals surface area contributed by atoms with Gasteiger partial charge in [-0.1, -0.05) is 71.4 Å². The van der Waals surface area contributed by atoms with E-state index in [9.17, 15) is 9.59 Å². The molecule has 1 atom stereocenters. The van der Waals surface area contributed by atoms with Crippen molar-refractivity contribution in [3.05, 3.63) is 64.7 Å². The Morgan fingerprint density at radius 2 is 1.68 bits per heavy atom. The van der Waals surface area contributed by atoms with E-state index in [4.69, 9.17) is 9.47 Å². The second kappa shape index (κ2) is 10.6. The molecule has 0 aliphatic heterocycles. The van der Waals surface area contributed by atoms with Gasteiger partial charge in [0.15, 0.2) is 0 Å². The highest BCUT2D eigenvalue weighted by molar-refractivity contribution is 5.91. The second-order valence-corrected chi connectivity index (χ2v) is 9.07. The normalized spacial score (nSPS) is 12.5. The fraction of sp³-hybridized carbons (Fsp3) is 0.481. The Kier molecular flexibility index (Phi) is 8.43. The van der Waals surface area contributed by atoms with Crippen LogP contribution in [0, 0.1) is 12.8 Å². The molecule has 4 nitrogen and oxygen atoms in total. The summed E-state index contributed by atoms with van der Waals surface area (Å²) in [5.74, 6) is -0.806. The molecule has 0 spiro atoms. The number of carbonyl (C=O) groups is 2. The summed E-state index contributed by atoms with van der Waals surface area (Å²) in [6, 6.07) is 13.0. The van der Waals surface area contributed by atoms with E-state index in [1.165, 1.54) is 0 Å². The van der Waals surface area contributed by atoms with Crippen molar-refractivity contribution < 1.29 is 19.1 Å². The van der Waals surface area contributed by atoms with Gasteiger partial charge >= 0.3 is 11.9 Å². The Balaban J connectivity index is 2.64. The van der Waals surface area contributed by atoms with Crippen molar-refractivity contribution in [2.75, 3.05) is 6.61 Å². The number of benzene rings is 2. The lowest BCUT2D eigenvalue weighted by molar-refractivity contribution is -0.146. The molecular weight excluding hydrogens is 388 g/mol. The molecule has 168 valence electrons. The minimum atomic E-state index is -0.519. The van der Waals surface area contributed by atoms with Gasteiger partial charge in [-0.3, -0.25) is 4.79 Å². The smallest absolute Gasteiger partial charge is 0.343 e. The first-order valence-corrected chi connectivity index (χ1v) is 11.2. The van der Waals surface area contributed by atoms with Crippen LogP contribution in [0.1, 0.15) is 87.4 Å². The van der Waals surface area contributed by atoms with Crippen LogP contribution in [0.15, 0.2) is 42.5 Å². The monoisotopic (exact) mass is 424 g/mol. The van der Waals surface area contributed by atoms with E-state index < -0.39 is 11.9 Å². The molecule has 2 rings (SSSR count). The number of carbonyl (C=O) groups excluding carboxylic acids is 2. The highest BCUT2D eigenvalue weighted by atomic mass is 16.5. The van der Waals surface area contributed by atoms with Gasteiger partial charge in [-0.15, -0.1) is 0 Å². The van der Waals surface area contributed by atoms with Crippen molar-refractivity contribution in [2.45, 2.75) is 72.6 Å². The minimum Gasteiger partial charge on any atom is -0.466 e. The first kappa shape index (κ1) is 24.6. The fourth-order valence-electron chi connectivity index (χ4n) is 4.05. The molecule has 0 aliphatic carbocycles. The van der Waals surface area contributed by atoms with Crippen molar-refractivity contribution in [2.24, 2.45) is 5.92 Å². The third-order valence-corrected chi connectivity index (χ3v) is 5.71. The van der Waals surface area contributed by atoms with Gasteiger partial charge in [-0.25, -0.2) is 4.79 Å². The summed E-state index contributed by atoms with van der Waals surface area (Å²) in [5, 5.41) is 0. The van der Waals surface area contributed by atoms with Crippen molar-refractivity contribution >= 4 is 11.9 Å². The average molecular weight is 425 g/mol. The van der Waals surface area contributed by atoms with Crippen molar-refractivity contribution in [1.82, 2.24) is 0 Å². The third kappa shape index (κ3) is 5.96. The number of hydrogen-bond acceptors (Lipinski definition) is 4. The molecule has 0 heterocycles. The Bertz CT molecular complexity index is 897. The van der Waals surface area contributed by atoms with E-state index in [1.54, 1.807) is 31.2 Å². The summed E-state index contributed by atoms with van der Waals surface area (Å²) < 4.78 is 11.3. The van der Waals surface area contributed by atoms with Gasteiger partial charge in [0.05, 0.1) is 18.1 Å². The quantitative estimate of drug-likeness (QED) is 0.336. The van der Waals surface area contributed by atoms with Gasteiger partial charge in [0.2, 0.25) is 0 Å². The third-order valence-electron chi connectivity index (χ3n) is 5.71. The van der Waals surface area contributed by atoms with Crippen LogP contribution in [0.4, 0.5) is 0 Å². The SMILES string of the molecule is CCCC(C)(C)c1cc(C)c(OC(=O)c2ccccc2)c(C(C(=O)OCC)C(C)C)c1. The van der Waals surface area contributed by atoms with Crippen molar-refractivity contribution in [1.29, 1.82) is 0 Å². The predicted molar refractivity (Wildman–Crippen MR) is 125 cm³/mol. The van der Waals surface area contributed by atoms with E-state index >= 15 is 0 Å². The molecule has 0 bridgehead atoms. The van der Waals surface area contributed by atoms with E-state index in [0.717, 1.165) is 29.5 Å². The van der Waals surface area contributed by atoms with Crippen LogP contribution in [0.2, 0.25) is 0 Å². The molecular formula is C27H36O4. The van der Waals surface area contributed by atoms with Gasteiger partial charge in [-0.2, -0.15) is 0 Å². The number of hydrogen-bond donors (Lipinski definition) is 0. The first-order valence-electron chi connectivity index (χ1n) is 11.2. The molecule has 31 heavy (non-hydrogen) atoms. The summed E-state index contributed by atoms with van der Waals surface area (Å²) in [7, 11) is 0. The molecule has 0 aromatic heterocycles. The van der Waals surface area contributed by atoms with Crippen LogP contribution < -0.4 is 4.74 Å². The molecule has 2 aromatic carbocycles. The van der Waals surface area contributed by atoms with Crippen LogP contribution in [0.3, 0.4) is 0 Å². The van der Waals surface area contributed by atoms with Gasteiger partial charge in [-0.05, 0) is 54.9 Å². The highest BCUT2D eigenvalue weighted by Gasteiger charge is 2.32. The first-order chi connectivity index (χ1) is 14.6. The topological polar surface area (TPSA) is 52.6 Å². The zero-order chi connectivity index (χ0) is 23.2. The van der Waals surface area contributed by atoms with E-state index in [0.29, 0.717) is 17.9 Å². The Morgan fingerprint density at radius 1 is 1.03 bits per heavy atom. The summed E-state index contributed by atoms with van der Waals surface area (Å²) in [6.45, 7) is 14.6. The number of aryl methyl sites for hydroxylation is 1. The Labute approximate surface area is 187 Å². The zero-order valence-electron chi connectivity index (χ0n) is 20.0. The number of rotatable bonds is 9. The molecule has 0 aliphatic rings. The lowest BCUT2D eigenvalue weighted by atomic mass is 9.77. The number of ether oxygens (including phenoxy) is 2. The van der Waals surface area contributed by atoms with E-state index in [-0.39, 0.29) is 17.3 Å². The number of esters is 2. The molecule has 4 heteroatoms. The second-order valence-electron chi connectivity index (χ2n) is 9.07. The van der Waals surface area contributed by atoms with Crippen LogP contribution in [-0.4, -0.2) is 18.5 Å². The molecule has 0 amide bonds. The molecule has 0 N–H and O–H groups in total. The minimum absolute atomic E-state index is 0.0165. The zero-order valence-corrected chi connectivity index (χ0v) is 20.0. The lowest BCUT2D eigenvalue weighted by Crippen LogP contribution is -2.24. The van der Waals surface area contributed by atoms with Crippen LogP contribution >= 0.6 is 0 Å². The summed E-state index contributed by atoms with van der Waals surface area (Å²) >= 11 is 0. The van der Waals surface area contributed by atoms with Gasteiger partial charge < -0.3 is 9.47 Å². The summed E-state index contributed by atoms with van der Waals surface area (Å²) in [5.41, 5.74) is 3.11. The standard InChI is InChI=1S/C27H36O4/c1-8-15-27(6,7)21-16-19(5)24(31-25(28)20-13-11-10-12-14-20)22(17-21)23(18(3)4)26(29)30-9-2/h10-14,16-18,23H,8-9,15H2,1-7H3. The van der Waals surface area contributed by atoms with Crippen LogP contribution in [0.25, 0.3) is 0 Å². The van der Waals surface area contributed by atoms with Crippen LogP contribution in [-0.2, 0) is 14.9 Å². The van der Waals surface area contributed by atoms with Crippen LogP contribution in [0.5, 0.6) is 5.75 Å². The predicted octanol–water partition coefficient (Wildman–Crippen LogP) is 6.59. The molecule has 0 saturated heterocycles. The van der Waals surface area contributed by atoms with Gasteiger partial charge in [0.1, 0.15) is 5.75 Å². The maximum absolute atomic E-state index is 12.9. The van der Waals surface area contributed by atoms with Crippen molar-refractivity contribution in [3.8, 4) is 5.75 Å². The molecule has 0 saturated carbocycles. The fourth-order valence-corrected chi connectivity index (χ4v) is 4.05. The maximum atomic E-state index is 12.9. The molecule has 0 radical (unpaired) electrons. The van der Waals surface area contributed by atoms with Gasteiger partial charge in [0.25, 0.3) is 0 Å². The van der Waals surface area contributed by atoms with E-state index in [2.05, 4.69) is 26.8 Å². The Hall–Kier alpha value is -2.62. The molecule has 2 aromatic rings. The van der Waals surface area contributed by atoms with E-state index in [1.807, 2.05) is 32.9 Å².